The quantitative estimate of drug-likeness (QED) is 0.460. The number of rotatable bonds is 7. The molecule has 0 aromatic heterocycles. The molecule has 0 aliphatic heterocycles. The van der Waals surface area contributed by atoms with E-state index in [0.29, 0.717) is 0 Å². The maximum Gasteiger partial charge on any atom is 0.544 e. The maximum absolute atomic E-state index is 6.34. The molecule has 0 aliphatic rings. The Labute approximate surface area is 149 Å². The first-order valence-electron chi connectivity index (χ1n) is 8.31. The molecule has 0 radical (unpaired) electrons. The van der Waals surface area contributed by atoms with Crippen molar-refractivity contribution in [1.82, 2.24) is 0 Å². The van der Waals surface area contributed by atoms with Gasteiger partial charge in [0, 0.05) is 0 Å². The lowest BCUT2D eigenvalue weighted by Gasteiger charge is -2.25. The van der Waals surface area contributed by atoms with Crippen LogP contribution in [0.25, 0.3) is 0 Å². The van der Waals surface area contributed by atoms with Gasteiger partial charge in [-0.1, -0.05) is 54.6 Å². The van der Waals surface area contributed by atoms with E-state index in [0.717, 1.165) is 17.2 Å². The van der Waals surface area contributed by atoms with Crippen molar-refractivity contribution in [3.05, 3.63) is 91.0 Å². The molecule has 3 rings (SSSR count). The monoisotopic (exact) mass is 353 g/mol. The molecule has 0 atom stereocenters. The average Bonchev–Trinajstić information content (AvgIpc) is 2.64. The van der Waals surface area contributed by atoms with Crippen LogP contribution >= 0.6 is 7.94 Å². The minimum atomic E-state index is -2.73. The van der Waals surface area contributed by atoms with Crippen LogP contribution in [0.3, 0.4) is 0 Å². The van der Waals surface area contributed by atoms with Crippen molar-refractivity contribution >= 4 is 7.94 Å². The van der Waals surface area contributed by atoms with Gasteiger partial charge in [-0.3, -0.25) is 13.6 Å². The van der Waals surface area contributed by atoms with Gasteiger partial charge in [-0.2, -0.15) is 0 Å². The first-order chi connectivity index (χ1) is 12.2. The average molecular weight is 353 g/mol. The summed E-state index contributed by atoms with van der Waals surface area (Å²) in [6.07, 6.45) is 0. The largest absolute Gasteiger partial charge is 0.544 e. The van der Waals surface area contributed by atoms with Gasteiger partial charge in [0.25, 0.3) is 0 Å². The molecule has 0 heterocycles. The Morgan fingerprint density at radius 2 is 0.800 bits per heavy atom. The van der Waals surface area contributed by atoms with Gasteiger partial charge in [-0.15, -0.1) is 0 Å². The Kier molecular flexibility index (Phi) is 5.57. The van der Waals surface area contributed by atoms with Crippen molar-refractivity contribution in [2.24, 2.45) is 0 Å². The summed E-state index contributed by atoms with van der Waals surface area (Å²) >= 11 is 0. The standard InChI is InChI=1S/C21H22O3P/c1-18(2)25(22-19-12-6-3-7-13-19,23-20-14-8-4-9-15-20)24-21-16-10-5-11-17-21/h3-18H,1-2H3/q+1. The van der Waals surface area contributed by atoms with E-state index >= 15 is 0 Å². The maximum atomic E-state index is 6.34. The third kappa shape index (κ3) is 4.52. The third-order valence-corrected chi connectivity index (χ3v) is 6.22. The molecule has 25 heavy (non-hydrogen) atoms. The summed E-state index contributed by atoms with van der Waals surface area (Å²) in [7, 11) is -2.73. The van der Waals surface area contributed by atoms with E-state index in [4.69, 9.17) is 13.6 Å². The highest BCUT2D eigenvalue weighted by Gasteiger charge is 2.54. The second kappa shape index (κ2) is 8.04. The molecule has 0 N–H and O–H groups in total. The highest BCUT2D eigenvalue weighted by molar-refractivity contribution is 7.63. The summed E-state index contributed by atoms with van der Waals surface area (Å²) < 4.78 is 19.0. The van der Waals surface area contributed by atoms with Crippen LogP contribution in [0.4, 0.5) is 0 Å². The fourth-order valence-corrected chi connectivity index (χ4v) is 4.25. The fourth-order valence-electron chi connectivity index (χ4n) is 2.26. The zero-order valence-electron chi connectivity index (χ0n) is 14.4. The molecule has 4 heteroatoms. The van der Waals surface area contributed by atoms with Crippen molar-refractivity contribution in [2.45, 2.75) is 19.5 Å². The Hall–Kier alpha value is -2.51. The molecular weight excluding hydrogens is 331 g/mol. The predicted octanol–water partition coefficient (Wildman–Crippen LogP) is 6.39. The van der Waals surface area contributed by atoms with Gasteiger partial charge in [-0.25, -0.2) is 0 Å². The van der Waals surface area contributed by atoms with Crippen LogP contribution in [-0.4, -0.2) is 5.66 Å². The number of benzene rings is 3. The zero-order valence-corrected chi connectivity index (χ0v) is 15.3. The Balaban J connectivity index is 1.97. The Bertz CT molecular complexity index is 660. The summed E-state index contributed by atoms with van der Waals surface area (Å²) in [4.78, 5) is 0. The minimum absolute atomic E-state index is 0.0353. The van der Waals surface area contributed by atoms with Crippen LogP contribution < -0.4 is 13.6 Å². The summed E-state index contributed by atoms with van der Waals surface area (Å²) in [5.41, 5.74) is 0.0353. The van der Waals surface area contributed by atoms with Crippen LogP contribution in [0.1, 0.15) is 13.8 Å². The van der Waals surface area contributed by atoms with Gasteiger partial charge in [-0.05, 0) is 50.2 Å². The van der Waals surface area contributed by atoms with Gasteiger partial charge in [0.1, 0.15) is 0 Å². The topological polar surface area (TPSA) is 27.7 Å². The number of hydrogen-bond acceptors (Lipinski definition) is 3. The van der Waals surface area contributed by atoms with Crippen molar-refractivity contribution in [3.8, 4) is 17.2 Å². The zero-order chi connectivity index (χ0) is 17.5. The van der Waals surface area contributed by atoms with Crippen LogP contribution in [0.5, 0.6) is 17.2 Å². The third-order valence-electron chi connectivity index (χ3n) is 3.56. The second-order valence-corrected chi connectivity index (χ2v) is 8.51. The van der Waals surface area contributed by atoms with Crippen LogP contribution in [0.15, 0.2) is 91.0 Å². The van der Waals surface area contributed by atoms with E-state index in [-0.39, 0.29) is 5.66 Å². The van der Waals surface area contributed by atoms with Gasteiger partial charge >= 0.3 is 7.94 Å². The lowest BCUT2D eigenvalue weighted by Crippen LogP contribution is -2.23. The highest BCUT2D eigenvalue weighted by Crippen LogP contribution is 2.64. The van der Waals surface area contributed by atoms with E-state index < -0.39 is 7.94 Å². The van der Waals surface area contributed by atoms with Crippen LogP contribution in [-0.2, 0) is 0 Å². The summed E-state index contributed by atoms with van der Waals surface area (Å²) in [5.74, 6) is 2.20. The minimum Gasteiger partial charge on any atom is -0.271 e. The fraction of sp³-hybridized carbons (Fsp3) is 0.143. The smallest absolute Gasteiger partial charge is 0.271 e. The molecule has 0 saturated heterocycles. The van der Waals surface area contributed by atoms with Crippen molar-refractivity contribution in [3.63, 3.8) is 0 Å². The number of hydrogen-bond donors (Lipinski definition) is 0. The molecule has 0 amide bonds. The Morgan fingerprint density at radius 1 is 0.520 bits per heavy atom. The molecule has 0 unspecified atom stereocenters. The van der Waals surface area contributed by atoms with Crippen LogP contribution in [0, 0.1) is 0 Å². The molecular formula is C21H22O3P+. The van der Waals surface area contributed by atoms with Gasteiger partial charge < -0.3 is 0 Å². The van der Waals surface area contributed by atoms with Crippen molar-refractivity contribution in [1.29, 1.82) is 0 Å². The van der Waals surface area contributed by atoms with E-state index in [9.17, 15) is 0 Å². The lowest BCUT2D eigenvalue weighted by atomic mass is 10.3. The first-order valence-corrected chi connectivity index (χ1v) is 9.92. The summed E-state index contributed by atoms with van der Waals surface area (Å²) in [5, 5.41) is 0. The molecule has 0 aliphatic carbocycles. The van der Waals surface area contributed by atoms with Gasteiger partial charge in [0.05, 0.1) is 0 Å². The molecule has 128 valence electrons. The van der Waals surface area contributed by atoms with Crippen molar-refractivity contribution < 1.29 is 13.6 Å². The normalized spacial score (nSPS) is 11.2. The van der Waals surface area contributed by atoms with Crippen molar-refractivity contribution in [2.75, 3.05) is 0 Å². The molecule has 0 spiro atoms. The Morgan fingerprint density at radius 3 is 1.04 bits per heavy atom. The molecule has 0 saturated carbocycles. The van der Waals surface area contributed by atoms with E-state index in [1.165, 1.54) is 0 Å². The van der Waals surface area contributed by atoms with Crippen LogP contribution in [0.2, 0.25) is 0 Å². The van der Waals surface area contributed by atoms with E-state index in [2.05, 4.69) is 13.8 Å². The second-order valence-electron chi connectivity index (χ2n) is 5.85. The number of para-hydroxylation sites is 3. The van der Waals surface area contributed by atoms with E-state index in [1.54, 1.807) is 0 Å². The molecule has 3 aromatic carbocycles. The lowest BCUT2D eigenvalue weighted by molar-refractivity contribution is 0.344. The SMILES string of the molecule is CC(C)[P+](Oc1ccccc1)(Oc1ccccc1)Oc1ccccc1. The first kappa shape index (κ1) is 17.3. The van der Waals surface area contributed by atoms with E-state index in [1.807, 2.05) is 91.0 Å². The molecule has 0 bridgehead atoms. The predicted molar refractivity (Wildman–Crippen MR) is 103 cm³/mol. The summed E-state index contributed by atoms with van der Waals surface area (Å²) in [6.45, 7) is 4.12. The molecule has 0 fully saturated rings. The van der Waals surface area contributed by atoms with Gasteiger partial charge in [0.2, 0.25) is 0 Å². The summed E-state index contributed by atoms with van der Waals surface area (Å²) in [6, 6.07) is 29.0. The van der Waals surface area contributed by atoms with Gasteiger partial charge in [0.15, 0.2) is 22.9 Å². The molecule has 3 aromatic rings. The highest BCUT2D eigenvalue weighted by atomic mass is 31.2. The molecule has 3 nitrogen and oxygen atoms in total.